The maximum absolute atomic E-state index is 4.43. The molecule has 0 aromatic rings. The molecule has 0 aliphatic heterocycles. The van der Waals surface area contributed by atoms with Crippen LogP contribution in [-0.4, -0.2) is 6.21 Å². The fraction of sp³-hybridized carbons (Fsp3) is 0.500. The molecule has 0 N–H and O–H groups in total. The van der Waals surface area contributed by atoms with Gasteiger partial charge >= 0.3 is 0 Å². The fourth-order valence-corrected chi connectivity index (χ4v) is 0.424. The van der Waals surface area contributed by atoms with Crippen LogP contribution in [0.1, 0.15) is 6.92 Å². The lowest BCUT2D eigenvalue weighted by Crippen LogP contribution is -1.40. The van der Waals surface area contributed by atoms with E-state index in [1.165, 1.54) is 0 Å². The first-order valence-corrected chi connectivity index (χ1v) is 3.08. The molecule has 0 radical (unpaired) electrons. The number of hydrogen-bond donors (Lipinski definition) is 0. The first-order chi connectivity index (χ1) is 2.41. The van der Waals surface area contributed by atoms with Crippen molar-refractivity contribution in [3.63, 3.8) is 0 Å². The summed E-state index contributed by atoms with van der Waals surface area (Å²) in [7, 11) is 0.682. The maximum Gasteiger partial charge on any atom is 0.115 e. The largest absolute Gasteiger partial charge is 0.229 e. The molecule has 0 unspecified atom stereocenters. The normalized spacial score (nSPS) is 10.6. The van der Waals surface area contributed by atoms with Crippen molar-refractivity contribution in [2.24, 2.45) is 4.76 Å². The van der Waals surface area contributed by atoms with E-state index >= 15 is 0 Å². The third-order valence-electron chi connectivity index (χ3n) is 0.163. The molecule has 0 aromatic heterocycles. The summed E-state index contributed by atoms with van der Waals surface area (Å²) < 4.78 is 3.63. The van der Waals surface area contributed by atoms with Gasteiger partial charge in [-0.25, -0.2) is 4.76 Å². The summed E-state index contributed by atoms with van der Waals surface area (Å²) in [6.07, 6.45) is 1.69. The Morgan fingerprint density at radius 1 is 2.00 bits per heavy atom. The second-order valence-corrected chi connectivity index (χ2v) is 1.34. The summed E-state index contributed by atoms with van der Waals surface area (Å²) >= 11 is 4.43. The molecule has 0 aromatic carbocycles. The Balaban J connectivity index is 2.92. The Hall–Kier alpha value is 0.190. The van der Waals surface area contributed by atoms with Crippen LogP contribution in [0.5, 0.6) is 0 Å². The summed E-state index contributed by atoms with van der Waals surface area (Å²) in [5.74, 6) is 0. The predicted octanol–water partition coefficient (Wildman–Crippen LogP) is 1.40. The van der Waals surface area contributed by atoms with Crippen molar-refractivity contribution in [3.05, 3.63) is 0 Å². The van der Waals surface area contributed by atoms with Gasteiger partial charge in [0.25, 0.3) is 0 Å². The minimum Gasteiger partial charge on any atom is -0.229 e. The lowest BCUT2D eigenvalue weighted by atomic mass is 10.9. The Bertz CT molecular complexity index is 51.6. The van der Waals surface area contributed by atoms with E-state index < -0.39 is 0 Å². The number of nitrogens with zero attached hydrogens (tertiary/aromatic N) is 1. The molecule has 3 heteroatoms. The summed E-state index contributed by atoms with van der Waals surface area (Å²) in [5, 5.41) is 0. The van der Waals surface area contributed by atoms with Crippen LogP contribution in [0.2, 0.25) is 0 Å². The van der Waals surface area contributed by atoms with E-state index in [0.29, 0.717) is 7.51 Å². The lowest BCUT2D eigenvalue weighted by molar-refractivity contribution is 1.89. The quantitative estimate of drug-likeness (QED) is 0.362. The van der Waals surface area contributed by atoms with Crippen LogP contribution < -0.4 is 0 Å². The highest BCUT2D eigenvalue weighted by molar-refractivity contribution is 7.96. The molecule has 0 heterocycles. The topological polar surface area (TPSA) is 12.4 Å². The summed E-state index contributed by atoms with van der Waals surface area (Å²) in [5.41, 5.74) is 0. The minimum absolute atomic E-state index is 0.682. The molecule has 1 nitrogen and oxygen atoms in total. The average molecular weight is 105 g/mol. The van der Waals surface area contributed by atoms with Crippen molar-refractivity contribution in [1.29, 1.82) is 0 Å². The van der Waals surface area contributed by atoms with Crippen LogP contribution >= 0.6 is 7.51 Å². The Morgan fingerprint density at radius 2 is 2.60 bits per heavy atom. The summed E-state index contributed by atoms with van der Waals surface area (Å²) in [6, 6.07) is 0. The maximum atomic E-state index is 4.43. The first kappa shape index (κ1) is 5.19. The fourth-order valence-electron chi connectivity index (χ4n) is 0.0471. The van der Waals surface area contributed by atoms with Crippen molar-refractivity contribution < 1.29 is 0 Å². The number of hydrogen-bond acceptors (Lipinski definition) is 1. The second kappa shape index (κ2) is 4.19. The van der Waals surface area contributed by atoms with Gasteiger partial charge in [0.15, 0.2) is 0 Å². The zero-order chi connectivity index (χ0) is 4.12. The molecule has 0 rings (SSSR count). The molecule has 28 valence electrons. The third-order valence-corrected chi connectivity index (χ3v) is 0.771. The first-order valence-electron chi connectivity index (χ1n) is 1.22. The highest BCUT2D eigenvalue weighted by Gasteiger charge is 1.45. The van der Waals surface area contributed by atoms with Gasteiger partial charge < -0.3 is 0 Å². The Kier molecular flexibility index (Phi) is 4.35. The van der Waals surface area contributed by atoms with Crippen LogP contribution in [0, 0.1) is 0 Å². The molecule has 0 aliphatic carbocycles. The highest BCUT2D eigenvalue weighted by atomic mass is 32.4. The predicted molar refractivity (Wildman–Crippen MR) is 28.5 cm³/mol. The van der Waals surface area contributed by atoms with Crippen LogP contribution in [-0.2, 0) is 11.8 Å². The molecule has 5 heavy (non-hydrogen) atoms. The smallest absolute Gasteiger partial charge is 0.115 e. The lowest BCUT2D eigenvalue weighted by Gasteiger charge is -1.54. The highest BCUT2D eigenvalue weighted by Crippen LogP contribution is 1.87. The van der Waals surface area contributed by atoms with Crippen LogP contribution in [0.4, 0.5) is 0 Å². The second-order valence-electron chi connectivity index (χ2n) is 0.455. The van der Waals surface area contributed by atoms with Crippen LogP contribution in [0.15, 0.2) is 4.76 Å². The van der Waals surface area contributed by atoms with E-state index in [1.54, 1.807) is 6.21 Å². The van der Waals surface area contributed by atoms with Gasteiger partial charge in [0.05, 0.1) is 0 Å². The van der Waals surface area contributed by atoms with Crippen molar-refractivity contribution in [3.8, 4) is 0 Å². The average Bonchev–Trinajstić information content (AvgIpc) is 1.41. The van der Waals surface area contributed by atoms with E-state index in [2.05, 4.69) is 16.6 Å². The zero-order valence-electron chi connectivity index (χ0n) is 2.88. The van der Waals surface area contributed by atoms with Gasteiger partial charge in [-0.3, -0.25) is 0 Å². The SMILES string of the molecule is CC=NP=S. The molecular formula is C2H4NPS. The van der Waals surface area contributed by atoms with E-state index in [4.69, 9.17) is 0 Å². The van der Waals surface area contributed by atoms with Crippen molar-refractivity contribution in [1.82, 2.24) is 0 Å². The van der Waals surface area contributed by atoms with E-state index in [1.807, 2.05) is 6.92 Å². The molecule has 0 fully saturated rings. The molecular weight excluding hydrogens is 101 g/mol. The molecule has 0 saturated carbocycles. The van der Waals surface area contributed by atoms with E-state index in [0.717, 1.165) is 0 Å². The van der Waals surface area contributed by atoms with Gasteiger partial charge in [-0.1, -0.05) is 0 Å². The molecule has 0 amide bonds. The monoisotopic (exact) mass is 105 g/mol. The van der Waals surface area contributed by atoms with Crippen molar-refractivity contribution in [2.75, 3.05) is 0 Å². The minimum atomic E-state index is 0.682. The van der Waals surface area contributed by atoms with E-state index in [9.17, 15) is 0 Å². The van der Waals surface area contributed by atoms with Gasteiger partial charge in [0, 0.05) is 6.21 Å². The molecule has 0 saturated heterocycles. The zero-order valence-corrected chi connectivity index (χ0v) is 4.59. The standard InChI is InChI=1S/C2H4NPS/c1-2-3-4-5/h2H,1H3. The third kappa shape index (κ3) is 4.19. The van der Waals surface area contributed by atoms with Gasteiger partial charge in [0.2, 0.25) is 0 Å². The molecule has 0 aliphatic rings. The Labute approximate surface area is 38.0 Å². The van der Waals surface area contributed by atoms with Crippen molar-refractivity contribution >= 4 is 25.5 Å². The van der Waals surface area contributed by atoms with E-state index in [-0.39, 0.29) is 0 Å². The molecule has 0 atom stereocenters. The van der Waals surface area contributed by atoms with Crippen molar-refractivity contribution in [2.45, 2.75) is 6.92 Å². The van der Waals surface area contributed by atoms with Gasteiger partial charge in [-0.15, -0.1) is 0 Å². The van der Waals surface area contributed by atoms with Gasteiger partial charge in [-0.05, 0) is 18.7 Å². The van der Waals surface area contributed by atoms with Gasteiger partial charge in [-0.2, -0.15) is 0 Å². The number of rotatable bonds is 1. The molecule has 0 spiro atoms. The Morgan fingerprint density at radius 3 is 2.60 bits per heavy atom. The van der Waals surface area contributed by atoms with Crippen LogP contribution in [0.3, 0.4) is 0 Å². The van der Waals surface area contributed by atoms with Crippen LogP contribution in [0.25, 0.3) is 0 Å². The van der Waals surface area contributed by atoms with Gasteiger partial charge in [0.1, 0.15) is 7.51 Å². The summed E-state index contributed by atoms with van der Waals surface area (Å²) in [4.78, 5) is 0. The summed E-state index contributed by atoms with van der Waals surface area (Å²) in [6.45, 7) is 1.85. The molecule has 0 bridgehead atoms.